The Labute approximate surface area is 135 Å². The average molecular weight is 314 g/mol. The van der Waals surface area contributed by atoms with Crippen molar-refractivity contribution in [3.63, 3.8) is 0 Å². The van der Waals surface area contributed by atoms with E-state index in [-0.39, 0.29) is 5.91 Å². The number of rotatable bonds is 4. The Balaban J connectivity index is 1.55. The van der Waals surface area contributed by atoms with Crippen LogP contribution in [-0.2, 0) is 0 Å². The number of aromatic amines is 1. The SMILES string of the molecule is Cc1ccc(OCC2CCCN(C(=O)c3cc(N)n[nH]3)C2)cc1. The van der Waals surface area contributed by atoms with Gasteiger partial charge < -0.3 is 15.4 Å². The summed E-state index contributed by atoms with van der Waals surface area (Å²) in [5, 5.41) is 6.50. The number of hydrogen-bond acceptors (Lipinski definition) is 4. The summed E-state index contributed by atoms with van der Waals surface area (Å²) in [6, 6.07) is 9.61. The van der Waals surface area contributed by atoms with Crippen molar-refractivity contribution < 1.29 is 9.53 Å². The molecule has 6 nitrogen and oxygen atoms in total. The lowest BCUT2D eigenvalue weighted by Gasteiger charge is -2.32. The van der Waals surface area contributed by atoms with Crippen LogP contribution in [0.1, 0.15) is 28.9 Å². The minimum atomic E-state index is -0.0470. The lowest BCUT2D eigenvalue weighted by Crippen LogP contribution is -2.41. The maximum atomic E-state index is 12.4. The summed E-state index contributed by atoms with van der Waals surface area (Å²) in [6.45, 7) is 4.14. The zero-order chi connectivity index (χ0) is 16.2. The van der Waals surface area contributed by atoms with Gasteiger partial charge in [0, 0.05) is 25.1 Å². The van der Waals surface area contributed by atoms with Gasteiger partial charge in [-0.3, -0.25) is 9.89 Å². The van der Waals surface area contributed by atoms with Crippen LogP contribution in [0.5, 0.6) is 5.75 Å². The van der Waals surface area contributed by atoms with Crippen LogP contribution >= 0.6 is 0 Å². The van der Waals surface area contributed by atoms with E-state index in [1.54, 1.807) is 6.07 Å². The van der Waals surface area contributed by atoms with E-state index >= 15 is 0 Å². The summed E-state index contributed by atoms with van der Waals surface area (Å²) in [5.74, 6) is 1.51. The number of nitrogens with two attached hydrogens (primary N) is 1. The molecule has 1 unspecified atom stereocenters. The molecule has 1 fully saturated rings. The van der Waals surface area contributed by atoms with E-state index in [4.69, 9.17) is 10.5 Å². The number of likely N-dealkylation sites (tertiary alicyclic amines) is 1. The number of piperidine rings is 1. The number of nitrogens with one attached hydrogen (secondary N) is 1. The van der Waals surface area contributed by atoms with Crippen LogP contribution in [0.3, 0.4) is 0 Å². The second-order valence-corrected chi connectivity index (χ2v) is 6.09. The van der Waals surface area contributed by atoms with Crippen molar-refractivity contribution in [2.45, 2.75) is 19.8 Å². The van der Waals surface area contributed by atoms with Crippen molar-refractivity contribution in [3.8, 4) is 5.75 Å². The number of nitrogen functional groups attached to an aromatic ring is 1. The first-order valence-corrected chi connectivity index (χ1v) is 7.91. The molecule has 6 heteroatoms. The smallest absolute Gasteiger partial charge is 0.271 e. The van der Waals surface area contributed by atoms with Crippen molar-refractivity contribution >= 4 is 11.7 Å². The summed E-state index contributed by atoms with van der Waals surface area (Å²) < 4.78 is 5.86. The number of anilines is 1. The Hall–Kier alpha value is -2.50. The number of carbonyl (C=O) groups excluding carboxylic acids is 1. The molecule has 0 radical (unpaired) electrons. The van der Waals surface area contributed by atoms with E-state index < -0.39 is 0 Å². The predicted octanol–water partition coefficient (Wildman–Crippen LogP) is 2.23. The molecular formula is C17H22N4O2. The largest absolute Gasteiger partial charge is 0.493 e. The molecule has 0 bridgehead atoms. The van der Waals surface area contributed by atoms with Gasteiger partial charge in [0.1, 0.15) is 17.3 Å². The van der Waals surface area contributed by atoms with Crippen LogP contribution in [0, 0.1) is 12.8 Å². The summed E-state index contributed by atoms with van der Waals surface area (Å²) in [7, 11) is 0. The minimum absolute atomic E-state index is 0.0470. The molecule has 1 saturated heterocycles. The van der Waals surface area contributed by atoms with E-state index in [1.807, 2.05) is 29.2 Å². The van der Waals surface area contributed by atoms with Crippen molar-refractivity contribution in [2.75, 3.05) is 25.4 Å². The van der Waals surface area contributed by atoms with Gasteiger partial charge in [-0.15, -0.1) is 0 Å². The molecule has 3 rings (SSSR count). The Morgan fingerprint density at radius 2 is 2.22 bits per heavy atom. The van der Waals surface area contributed by atoms with E-state index in [0.717, 1.165) is 25.1 Å². The second-order valence-electron chi connectivity index (χ2n) is 6.09. The fourth-order valence-electron chi connectivity index (χ4n) is 2.85. The quantitative estimate of drug-likeness (QED) is 0.906. The van der Waals surface area contributed by atoms with Crippen molar-refractivity contribution in [1.82, 2.24) is 15.1 Å². The number of amides is 1. The van der Waals surface area contributed by atoms with E-state index in [9.17, 15) is 4.79 Å². The highest BCUT2D eigenvalue weighted by Gasteiger charge is 2.25. The molecule has 1 aliphatic rings. The zero-order valence-corrected chi connectivity index (χ0v) is 13.3. The fraction of sp³-hybridized carbons (Fsp3) is 0.412. The van der Waals surface area contributed by atoms with Gasteiger partial charge in [-0.25, -0.2) is 0 Å². The fourth-order valence-corrected chi connectivity index (χ4v) is 2.85. The molecule has 23 heavy (non-hydrogen) atoms. The number of carbonyl (C=O) groups is 1. The minimum Gasteiger partial charge on any atom is -0.493 e. The van der Waals surface area contributed by atoms with Crippen LogP contribution in [-0.4, -0.2) is 40.7 Å². The Morgan fingerprint density at radius 1 is 1.43 bits per heavy atom. The van der Waals surface area contributed by atoms with Crippen molar-refractivity contribution in [3.05, 3.63) is 41.6 Å². The molecule has 3 N–H and O–H groups in total. The van der Waals surface area contributed by atoms with Gasteiger partial charge in [0.2, 0.25) is 0 Å². The van der Waals surface area contributed by atoms with Gasteiger partial charge >= 0.3 is 0 Å². The number of benzene rings is 1. The van der Waals surface area contributed by atoms with Gasteiger partial charge in [0.05, 0.1) is 6.61 Å². The summed E-state index contributed by atoms with van der Waals surface area (Å²) in [4.78, 5) is 14.3. The highest BCUT2D eigenvalue weighted by Crippen LogP contribution is 2.20. The molecule has 1 aromatic carbocycles. The maximum absolute atomic E-state index is 12.4. The maximum Gasteiger partial charge on any atom is 0.271 e. The van der Waals surface area contributed by atoms with E-state index in [2.05, 4.69) is 17.1 Å². The summed E-state index contributed by atoms with van der Waals surface area (Å²) >= 11 is 0. The van der Waals surface area contributed by atoms with Gasteiger partial charge in [-0.1, -0.05) is 17.7 Å². The molecular weight excluding hydrogens is 292 g/mol. The van der Waals surface area contributed by atoms with Crippen LogP contribution < -0.4 is 10.5 Å². The first-order valence-electron chi connectivity index (χ1n) is 7.91. The zero-order valence-electron chi connectivity index (χ0n) is 13.3. The highest BCUT2D eigenvalue weighted by atomic mass is 16.5. The molecule has 1 atom stereocenters. The lowest BCUT2D eigenvalue weighted by molar-refractivity contribution is 0.0627. The highest BCUT2D eigenvalue weighted by molar-refractivity contribution is 5.93. The monoisotopic (exact) mass is 314 g/mol. The molecule has 1 aromatic heterocycles. The normalized spacial score (nSPS) is 18.0. The number of aryl methyl sites for hydroxylation is 1. The predicted molar refractivity (Wildman–Crippen MR) is 88.3 cm³/mol. The average Bonchev–Trinajstić information content (AvgIpc) is 3.00. The van der Waals surface area contributed by atoms with Crippen LogP contribution in [0.25, 0.3) is 0 Å². The molecule has 2 heterocycles. The summed E-state index contributed by atoms with van der Waals surface area (Å²) in [6.07, 6.45) is 2.05. The topological polar surface area (TPSA) is 84.2 Å². The van der Waals surface area contributed by atoms with Crippen molar-refractivity contribution in [1.29, 1.82) is 0 Å². The number of H-pyrrole nitrogens is 1. The first kappa shape index (κ1) is 15.4. The lowest BCUT2D eigenvalue weighted by atomic mass is 9.98. The van der Waals surface area contributed by atoms with Crippen molar-refractivity contribution in [2.24, 2.45) is 5.92 Å². The molecule has 0 aliphatic carbocycles. The van der Waals surface area contributed by atoms with Gasteiger partial charge in [0.15, 0.2) is 0 Å². The number of ether oxygens (including phenoxy) is 1. The molecule has 122 valence electrons. The third kappa shape index (κ3) is 3.83. The van der Waals surface area contributed by atoms with E-state index in [0.29, 0.717) is 30.6 Å². The van der Waals surface area contributed by atoms with E-state index in [1.165, 1.54) is 5.56 Å². The van der Waals surface area contributed by atoms with Gasteiger partial charge in [-0.2, -0.15) is 5.10 Å². The molecule has 0 spiro atoms. The third-order valence-corrected chi connectivity index (χ3v) is 4.14. The van der Waals surface area contributed by atoms with Crippen LogP contribution in [0.4, 0.5) is 5.82 Å². The summed E-state index contributed by atoms with van der Waals surface area (Å²) in [5.41, 5.74) is 7.22. The number of hydrogen-bond donors (Lipinski definition) is 2. The van der Waals surface area contributed by atoms with Crippen LogP contribution in [0.2, 0.25) is 0 Å². The molecule has 0 saturated carbocycles. The van der Waals surface area contributed by atoms with Crippen LogP contribution in [0.15, 0.2) is 30.3 Å². The second kappa shape index (κ2) is 6.73. The third-order valence-electron chi connectivity index (χ3n) is 4.14. The molecule has 2 aromatic rings. The Kier molecular flexibility index (Phi) is 4.50. The van der Waals surface area contributed by atoms with Gasteiger partial charge in [-0.05, 0) is 31.9 Å². The number of aromatic nitrogens is 2. The van der Waals surface area contributed by atoms with Gasteiger partial charge in [0.25, 0.3) is 5.91 Å². The molecule has 1 aliphatic heterocycles. The standard InChI is InChI=1S/C17H22N4O2/c1-12-4-6-14(7-5-12)23-11-13-3-2-8-21(10-13)17(22)15-9-16(18)20-19-15/h4-7,9,13H,2-3,8,10-11H2,1H3,(H3,18,19,20). The number of nitrogens with zero attached hydrogens (tertiary/aromatic N) is 2. The Bertz CT molecular complexity index is 665. The Morgan fingerprint density at radius 3 is 2.91 bits per heavy atom. The molecule has 1 amide bonds. The first-order chi connectivity index (χ1) is 11.1.